The van der Waals surface area contributed by atoms with Crippen LogP contribution >= 0.6 is 0 Å². The number of carbonyl (C=O) groups is 3. The van der Waals surface area contributed by atoms with E-state index in [2.05, 4.69) is 48.6 Å². The third-order valence-electron chi connectivity index (χ3n) is 10.4. The van der Waals surface area contributed by atoms with Crippen LogP contribution in [0.1, 0.15) is 62.5 Å². The first-order chi connectivity index (χ1) is 33.7. The number of fused-ring (bicyclic) bond motifs is 2. The molecule has 0 unspecified atom stereocenters. The summed E-state index contributed by atoms with van der Waals surface area (Å²) in [5.41, 5.74) is 7.81. The van der Waals surface area contributed by atoms with Gasteiger partial charge < -0.3 is 34.1 Å². The number of nitrogens with one attached hydrogen (secondary N) is 2. The van der Waals surface area contributed by atoms with Gasteiger partial charge >= 0.3 is 5.97 Å². The van der Waals surface area contributed by atoms with E-state index in [1.807, 2.05) is 85.8 Å². The highest BCUT2D eigenvalue weighted by molar-refractivity contribution is 7.85. The lowest BCUT2D eigenvalue weighted by molar-refractivity contribution is -0.263. The van der Waals surface area contributed by atoms with Crippen LogP contribution < -0.4 is 25.0 Å². The van der Waals surface area contributed by atoms with Crippen LogP contribution in [0.5, 0.6) is 11.5 Å². The maximum Gasteiger partial charge on any atom is 0.306 e. The van der Waals surface area contributed by atoms with Crippen LogP contribution in [0, 0.1) is 0 Å². The van der Waals surface area contributed by atoms with E-state index in [9.17, 15) is 27.4 Å². The minimum Gasteiger partial charge on any atom is -0.497 e. The first kappa shape index (κ1) is 53.3. The predicted octanol–water partition coefficient (Wildman–Crippen LogP) is 11.1. The SMILES string of the molecule is C=C.C=C(Cc1ccc(NC(C)=O)cc1)OOCCCCOC(=O)CCc1ccc(NC(C)=O)cc1.CCc1c(C=C2Oc3ccc(OC)cc3N2CS(=O)(=O)O)oc2ccc(-c3ccccc3)cc12. The van der Waals surface area contributed by atoms with Crippen molar-refractivity contribution in [2.45, 2.75) is 59.3 Å². The fraction of sp³-hybridized carbons (Fsp3) is 0.241. The Balaban J connectivity index is 0.000000252. The average Bonchev–Trinajstić information content (AvgIpc) is 3.86. The number of ether oxygens (including phenoxy) is 3. The van der Waals surface area contributed by atoms with E-state index in [0.717, 1.165) is 50.2 Å². The normalized spacial score (nSPS) is 12.1. The van der Waals surface area contributed by atoms with Gasteiger partial charge in [0.2, 0.25) is 17.7 Å². The Kier molecular flexibility index (Phi) is 19.9. The summed E-state index contributed by atoms with van der Waals surface area (Å²) in [7, 11) is -2.82. The van der Waals surface area contributed by atoms with Crippen molar-refractivity contribution in [2.75, 3.05) is 41.7 Å². The quantitative estimate of drug-likeness (QED) is 0.0125. The summed E-state index contributed by atoms with van der Waals surface area (Å²) in [6.45, 7) is 15.5. The van der Waals surface area contributed by atoms with E-state index in [-0.39, 0.29) is 23.7 Å². The molecule has 6 aromatic rings. The van der Waals surface area contributed by atoms with Crippen molar-refractivity contribution in [3.63, 3.8) is 0 Å². The lowest BCUT2D eigenvalue weighted by atomic mass is 10.0. The highest BCUT2D eigenvalue weighted by Crippen LogP contribution is 2.43. The number of benzene rings is 5. The van der Waals surface area contributed by atoms with Gasteiger partial charge in [-0.1, -0.05) is 74.2 Å². The number of nitrogens with zero attached hydrogens (tertiary/aromatic N) is 1. The second-order valence-electron chi connectivity index (χ2n) is 15.7. The number of aryl methyl sites for hydroxylation is 2. The fourth-order valence-electron chi connectivity index (χ4n) is 7.20. The average molecular weight is 974 g/mol. The number of hydrogen-bond acceptors (Lipinski definition) is 12. The molecule has 1 aromatic heterocycles. The van der Waals surface area contributed by atoms with Crippen molar-refractivity contribution in [2.24, 2.45) is 0 Å². The Morgan fingerprint density at radius 3 is 2.06 bits per heavy atom. The van der Waals surface area contributed by atoms with Crippen molar-refractivity contribution in [1.82, 2.24) is 0 Å². The van der Waals surface area contributed by atoms with E-state index in [0.29, 0.717) is 80.4 Å². The molecule has 7 rings (SSSR count). The number of hydrogen-bond donors (Lipinski definition) is 3. The van der Waals surface area contributed by atoms with Crippen LogP contribution in [0.15, 0.2) is 151 Å². The largest absolute Gasteiger partial charge is 0.497 e. The molecule has 5 aromatic carbocycles. The predicted molar refractivity (Wildman–Crippen MR) is 273 cm³/mol. The number of rotatable bonds is 20. The van der Waals surface area contributed by atoms with E-state index in [1.54, 1.807) is 24.3 Å². The van der Waals surface area contributed by atoms with E-state index < -0.39 is 16.0 Å². The molecule has 0 fully saturated rings. The molecule has 3 N–H and O–H groups in total. The molecule has 0 saturated heterocycles. The second kappa shape index (κ2) is 26.2. The van der Waals surface area contributed by atoms with E-state index in [1.165, 1.54) is 25.9 Å². The first-order valence-electron chi connectivity index (χ1n) is 22.4. The third-order valence-corrected chi connectivity index (χ3v) is 11.0. The molecule has 0 aliphatic carbocycles. The van der Waals surface area contributed by atoms with Gasteiger partial charge in [-0.25, -0.2) is 0 Å². The smallest absolute Gasteiger partial charge is 0.306 e. The summed E-state index contributed by atoms with van der Waals surface area (Å²) in [6, 6.07) is 36.0. The monoisotopic (exact) mass is 973 g/mol. The molecule has 16 heteroatoms. The summed E-state index contributed by atoms with van der Waals surface area (Å²) in [6.07, 6.45) is 5.07. The van der Waals surface area contributed by atoms with Gasteiger partial charge in [-0.2, -0.15) is 13.3 Å². The molecule has 0 atom stereocenters. The maximum absolute atomic E-state index is 11.9. The Morgan fingerprint density at radius 2 is 1.44 bits per heavy atom. The molecule has 0 radical (unpaired) electrons. The number of carbonyl (C=O) groups excluding carboxylic acids is 3. The zero-order valence-corrected chi connectivity index (χ0v) is 40.6. The third kappa shape index (κ3) is 16.3. The number of anilines is 3. The minimum atomic E-state index is -4.34. The lowest BCUT2D eigenvalue weighted by Crippen LogP contribution is -2.27. The van der Waals surface area contributed by atoms with Crippen LogP contribution in [0.2, 0.25) is 0 Å². The molecule has 15 nitrogen and oxygen atoms in total. The topological polar surface area (TPSA) is 192 Å². The molecular weight excluding hydrogens is 915 g/mol. The number of esters is 1. The van der Waals surface area contributed by atoms with Gasteiger partial charge in [-0.3, -0.25) is 23.8 Å². The fourth-order valence-corrected chi connectivity index (χ4v) is 7.79. The van der Waals surface area contributed by atoms with Gasteiger partial charge in [0.1, 0.15) is 22.9 Å². The van der Waals surface area contributed by atoms with Crippen molar-refractivity contribution in [3.8, 4) is 22.6 Å². The molecule has 1 aliphatic rings. The number of amides is 2. The number of allylic oxidation sites excluding steroid dienone is 1. The first-order valence-corrected chi connectivity index (χ1v) is 24.1. The molecular formula is C54H59N3O12S. The number of unbranched alkanes of at least 4 members (excludes halogenated alkanes) is 1. The molecule has 0 saturated carbocycles. The van der Waals surface area contributed by atoms with E-state index >= 15 is 0 Å². The molecule has 1 aliphatic heterocycles. The Bertz CT molecular complexity index is 2860. The summed E-state index contributed by atoms with van der Waals surface area (Å²) in [5, 5.41) is 6.40. The summed E-state index contributed by atoms with van der Waals surface area (Å²) in [4.78, 5) is 45.7. The van der Waals surface area contributed by atoms with Gasteiger partial charge in [0.15, 0.2) is 11.6 Å². The van der Waals surface area contributed by atoms with Crippen LogP contribution in [0.4, 0.5) is 17.1 Å². The van der Waals surface area contributed by atoms with Gasteiger partial charge in [-0.15, -0.1) is 13.2 Å². The van der Waals surface area contributed by atoms with Crippen LogP contribution in [-0.4, -0.2) is 57.0 Å². The zero-order chi connectivity index (χ0) is 50.6. The maximum atomic E-state index is 11.9. The van der Waals surface area contributed by atoms with Gasteiger partial charge in [-0.05, 0) is 96.5 Å². The van der Waals surface area contributed by atoms with Crippen molar-refractivity contribution < 1.29 is 55.8 Å². The highest BCUT2D eigenvalue weighted by Gasteiger charge is 2.31. The molecule has 368 valence electrons. The minimum absolute atomic E-state index is 0.116. The summed E-state index contributed by atoms with van der Waals surface area (Å²) >= 11 is 0. The standard InChI is InChI=1S/C26H32N2O6.C26H23NO6S.C2H4/c1-19(18-23-8-13-25(14-9-23)28-21(3)30)34-33-17-5-4-16-32-26(31)15-10-22-6-11-24(12-7-22)27-20(2)29;1-3-20-21-13-18(17-7-5-4-6-8-17)9-11-23(21)32-25(20)15-26-27(16-34(28,29)30)22-14-19(31-2)10-12-24(22)33-26;1-2/h6-9,11-14H,1,4-5,10,15-18H2,2-3H3,(H,27,29)(H,28,30);4-15H,3,16H2,1-2H3,(H,28,29,30);1-2H2. The number of furan rings is 1. The van der Waals surface area contributed by atoms with Crippen molar-refractivity contribution in [1.29, 1.82) is 0 Å². The van der Waals surface area contributed by atoms with Crippen LogP contribution in [-0.2, 0) is 58.3 Å². The number of methoxy groups -OCH3 is 1. The highest BCUT2D eigenvalue weighted by atomic mass is 32.2. The van der Waals surface area contributed by atoms with Gasteiger partial charge in [0.05, 0.1) is 26.0 Å². The summed E-state index contributed by atoms with van der Waals surface area (Å²) < 4.78 is 55.7. The lowest BCUT2D eigenvalue weighted by Gasteiger charge is -2.16. The van der Waals surface area contributed by atoms with E-state index in [4.69, 9.17) is 28.4 Å². The van der Waals surface area contributed by atoms with Crippen LogP contribution in [0.25, 0.3) is 28.2 Å². The van der Waals surface area contributed by atoms with Crippen LogP contribution in [0.3, 0.4) is 0 Å². The molecule has 70 heavy (non-hydrogen) atoms. The molecule has 2 heterocycles. The molecule has 0 spiro atoms. The zero-order valence-electron chi connectivity index (χ0n) is 39.8. The van der Waals surface area contributed by atoms with Gasteiger partial charge in [0.25, 0.3) is 10.1 Å². The Hall–Kier alpha value is -7.66. The van der Waals surface area contributed by atoms with Crippen molar-refractivity contribution >= 4 is 62.0 Å². The molecule has 0 bridgehead atoms. The molecule has 2 amide bonds. The van der Waals surface area contributed by atoms with Crippen molar-refractivity contribution in [3.05, 3.63) is 169 Å². The Morgan fingerprint density at radius 1 is 0.800 bits per heavy atom. The summed E-state index contributed by atoms with van der Waals surface area (Å²) in [5.74, 6) is 1.12. The Labute approximate surface area is 409 Å². The second-order valence-corrected chi connectivity index (χ2v) is 17.2. The van der Waals surface area contributed by atoms with Gasteiger partial charge in [0, 0.05) is 61.2 Å².